The van der Waals surface area contributed by atoms with Gasteiger partial charge in [-0.1, -0.05) is 12.8 Å². The van der Waals surface area contributed by atoms with Crippen LogP contribution in [-0.4, -0.2) is 43.0 Å². The fourth-order valence-electron chi connectivity index (χ4n) is 3.38. The van der Waals surface area contributed by atoms with Crippen LogP contribution in [0.15, 0.2) is 9.59 Å². The van der Waals surface area contributed by atoms with Crippen molar-refractivity contribution in [2.24, 2.45) is 14.1 Å². The van der Waals surface area contributed by atoms with Gasteiger partial charge in [0, 0.05) is 27.2 Å². The third-order valence-electron chi connectivity index (χ3n) is 4.66. The second kappa shape index (κ2) is 6.43. The van der Waals surface area contributed by atoms with Gasteiger partial charge in [-0.15, -0.1) is 0 Å². The number of aliphatic hydroxyl groups is 1. The average Bonchev–Trinajstić information content (AvgIpc) is 2.73. The van der Waals surface area contributed by atoms with Gasteiger partial charge in [0.2, 0.25) is 5.95 Å². The first-order valence-corrected chi connectivity index (χ1v) is 8.51. The number of aliphatic hydroxyl groups excluding tert-OH is 1. The molecule has 0 aromatic carbocycles. The third kappa shape index (κ3) is 2.75. The molecule has 3 rings (SSSR count). The highest BCUT2D eigenvalue weighted by Crippen LogP contribution is 2.23. The summed E-state index contributed by atoms with van der Waals surface area (Å²) in [5.74, 6) is 0.672. The summed E-state index contributed by atoms with van der Waals surface area (Å²) in [4.78, 5) is 31.6. The van der Waals surface area contributed by atoms with Gasteiger partial charge in [-0.2, -0.15) is 4.98 Å². The summed E-state index contributed by atoms with van der Waals surface area (Å²) in [5.41, 5.74) is -0.0123. The molecule has 2 aromatic rings. The molecule has 24 heavy (non-hydrogen) atoms. The number of hydrogen-bond acceptors (Lipinski definition) is 5. The van der Waals surface area contributed by atoms with E-state index in [0.29, 0.717) is 17.1 Å². The largest absolute Gasteiger partial charge is 0.392 e. The van der Waals surface area contributed by atoms with E-state index in [0.717, 1.165) is 30.5 Å². The standard InChI is InChI=1S/C16H25N5O3/c1-11(22)10-21-12-13(18(2)16(24)19(3)14(12)23)17-15(21)20-8-6-4-5-7-9-20/h11,22H,4-10H2,1-3H3. The zero-order valence-corrected chi connectivity index (χ0v) is 14.5. The number of fused-ring (bicyclic) bond motifs is 1. The molecule has 8 heteroatoms. The van der Waals surface area contributed by atoms with E-state index in [-0.39, 0.29) is 12.1 Å². The van der Waals surface area contributed by atoms with Gasteiger partial charge in [0.1, 0.15) is 0 Å². The molecule has 1 unspecified atom stereocenters. The van der Waals surface area contributed by atoms with Crippen molar-refractivity contribution in [1.29, 1.82) is 0 Å². The molecule has 1 aliphatic rings. The van der Waals surface area contributed by atoms with Crippen LogP contribution in [0.3, 0.4) is 0 Å². The van der Waals surface area contributed by atoms with E-state index in [4.69, 9.17) is 0 Å². The molecule has 2 aromatic heterocycles. The first-order valence-electron chi connectivity index (χ1n) is 8.51. The summed E-state index contributed by atoms with van der Waals surface area (Å²) >= 11 is 0. The summed E-state index contributed by atoms with van der Waals surface area (Å²) in [5, 5.41) is 9.90. The monoisotopic (exact) mass is 335 g/mol. The van der Waals surface area contributed by atoms with Crippen LogP contribution < -0.4 is 16.1 Å². The Labute approximate surface area is 139 Å². The van der Waals surface area contributed by atoms with Crippen LogP contribution in [0.1, 0.15) is 32.6 Å². The Morgan fingerprint density at radius 2 is 1.71 bits per heavy atom. The summed E-state index contributed by atoms with van der Waals surface area (Å²) in [6.45, 7) is 3.70. The van der Waals surface area contributed by atoms with Crippen LogP contribution in [0.2, 0.25) is 0 Å². The van der Waals surface area contributed by atoms with E-state index < -0.39 is 11.8 Å². The minimum absolute atomic E-state index is 0.274. The van der Waals surface area contributed by atoms with Crippen molar-refractivity contribution >= 4 is 17.1 Å². The highest BCUT2D eigenvalue weighted by Gasteiger charge is 2.23. The van der Waals surface area contributed by atoms with Crippen LogP contribution in [0.4, 0.5) is 5.95 Å². The molecule has 1 fully saturated rings. The molecule has 0 amide bonds. The van der Waals surface area contributed by atoms with Crippen LogP contribution in [0.5, 0.6) is 0 Å². The van der Waals surface area contributed by atoms with E-state index in [2.05, 4.69) is 9.88 Å². The fraction of sp³-hybridized carbons (Fsp3) is 0.688. The molecule has 1 saturated heterocycles. The molecule has 1 atom stereocenters. The van der Waals surface area contributed by atoms with E-state index in [1.165, 1.54) is 24.5 Å². The molecule has 0 radical (unpaired) electrons. The van der Waals surface area contributed by atoms with Crippen molar-refractivity contribution in [1.82, 2.24) is 18.7 Å². The molecule has 0 aliphatic carbocycles. The summed E-state index contributed by atoms with van der Waals surface area (Å²) in [6.07, 6.45) is 3.92. The van der Waals surface area contributed by atoms with Gasteiger partial charge in [-0.25, -0.2) is 4.79 Å². The quantitative estimate of drug-likeness (QED) is 0.866. The summed E-state index contributed by atoms with van der Waals surface area (Å²) in [7, 11) is 3.09. The Morgan fingerprint density at radius 1 is 1.08 bits per heavy atom. The lowest BCUT2D eigenvalue weighted by Crippen LogP contribution is -2.38. The molecular formula is C16H25N5O3. The van der Waals surface area contributed by atoms with Crippen molar-refractivity contribution in [2.75, 3.05) is 18.0 Å². The summed E-state index contributed by atoms with van der Waals surface area (Å²) < 4.78 is 4.26. The lowest BCUT2D eigenvalue weighted by atomic mass is 10.2. The first kappa shape index (κ1) is 16.8. The molecule has 0 spiro atoms. The number of aryl methyl sites for hydroxylation is 1. The zero-order chi connectivity index (χ0) is 17.4. The van der Waals surface area contributed by atoms with E-state index in [9.17, 15) is 14.7 Å². The molecule has 0 bridgehead atoms. The van der Waals surface area contributed by atoms with Crippen molar-refractivity contribution < 1.29 is 5.11 Å². The number of aromatic nitrogens is 4. The predicted molar refractivity (Wildman–Crippen MR) is 92.6 cm³/mol. The fourth-order valence-corrected chi connectivity index (χ4v) is 3.38. The maximum atomic E-state index is 12.7. The average molecular weight is 335 g/mol. The molecule has 1 N–H and O–H groups in total. The smallest absolute Gasteiger partial charge is 0.332 e. The highest BCUT2D eigenvalue weighted by molar-refractivity contribution is 5.74. The predicted octanol–water partition coefficient (Wildman–Crippen LogP) is 0.195. The van der Waals surface area contributed by atoms with Gasteiger partial charge in [0.15, 0.2) is 11.2 Å². The first-order chi connectivity index (χ1) is 11.4. The number of nitrogens with zero attached hydrogens (tertiary/aromatic N) is 5. The molecular weight excluding hydrogens is 310 g/mol. The van der Waals surface area contributed by atoms with Gasteiger partial charge >= 0.3 is 5.69 Å². The van der Waals surface area contributed by atoms with Gasteiger partial charge < -0.3 is 14.6 Å². The second-order valence-corrected chi connectivity index (χ2v) is 6.65. The Kier molecular flexibility index (Phi) is 4.49. The zero-order valence-electron chi connectivity index (χ0n) is 14.5. The van der Waals surface area contributed by atoms with Crippen LogP contribution in [0.25, 0.3) is 11.2 Å². The SMILES string of the molecule is CC(O)Cn1c(N2CCCCCC2)nc2c1c(=O)n(C)c(=O)n2C. The van der Waals surface area contributed by atoms with Gasteiger partial charge in [-0.05, 0) is 19.8 Å². The van der Waals surface area contributed by atoms with Crippen molar-refractivity contribution in [3.63, 3.8) is 0 Å². The maximum Gasteiger partial charge on any atom is 0.332 e. The Morgan fingerprint density at radius 3 is 2.29 bits per heavy atom. The van der Waals surface area contributed by atoms with E-state index in [1.807, 2.05) is 0 Å². The number of rotatable bonds is 3. The number of imidazole rings is 1. The third-order valence-corrected chi connectivity index (χ3v) is 4.66. The minimum atomic E-state index is -0.616. The Hall–Kier alpha value is -2.09. The lowest BCUT2D eigenvalue weighted by molar-refractivity contribution is 0.175. The number of hydrogen-bond donors (Lipinski definition) is 1. The van der Waals surface area contributed by atoms with Gasteiger partial charge in [-0.3, -0.25) is 13.9 Å². The molecule has 3 heterocycles. The number of anilines is 1. The maximum absolute atomic E-state index is 12.7. The second-order valence-electron chi connectivity index (χ2n) is 6.65. The Balaban J connectivity index is 2.28. The molecule has 1 aliphatic heterocycles. The highest BCUT2D eigenvalue weighted by atomic mass is 16.3. The topological polar surface area (TPSA) is 85.3 Å². The van der Waals surface area contributed by atoms with Gasteiger partial charge in [0.05, 0.1) is 12.6 Å². The normalized spacial score (nSPS) is 17.2. The Bertz CT molecular complexity index is 853. The van der Waals surface area contributed by atoms with Crippen LogP contribution >= 0.6 is 0 Å². The van der Waals surface area contributed by atoms with Crippen molar-refractivity contribution in [3.05, 3.63) is 20.8 Å². The lowest BCUT2D eigenvalue weighted by Gasteiger charge is -2.23. The van der Waals surface area contributed by atoms with E-state index in [1.54, 1.807) is 18.5 Å². The molecule has 0 saturated carbocycles. The van der Waals surface area contributed by atoms with Crippen LogP contribution in [0, 0.1) is 0 Å². The molecule has 132 valence electrons. The van der Waals surface area contributed by atoms with Crippen LogP contribution in [-0.2, 0) is 20.6 Å². The van der Waals surface area contributed by atoms with E-state index >= 15 is 0 Å². The van der Waals surface area contributed by atoms with Crippen molar-refractivity contribution in [2.45, 2.75) is 45.3 Å². The summed E-state index contributed by atoms with van der Waals surface area (Å²) in [6, 6.07) is 0. The van der Waals surface area contributed by atoms with Crippen molar-refractivity contribution in [3.8, 4) is 0 Å². The minimum Gasteiger partial charge on any atom is -0.392 e. The molecule has 8 nitrogen and oxygen atoms in total. The van der Waals surface area contributed by atoms with Gasteiger partial charge in [0.25, 0.3) is 5.56 Å².